The number of rotatable bonds is 4. The van der Waals surface area contributed by atoms with Crippen molar-refractivity contribution in [2.24, 2.45) is 0 Å². The van der Waals surface area contributed by atoms with E-state index in [4.69, 9.17) is 16.3 Å². The van der Waals surface area contributed by atoms with Crippen LogP contribution in [0.2, 0.25) is 5.02 Å². The van der Waals surface area contributed by atoms with Crippen molar-refractivity contribution >= 4 is 17.5 Å². The second-order valence-corrected chi connectivity index (χ2v) is 6.37. The van der Waals surface area contributed by atoms with E-state index in [9.17, 15) is 0 Å². The minimum Gasteiger partial charge on any atom is -0.371 e. The van der Waals surface area contributed by atoms with E-state index in [1.165, 1.54) is 0 Å². The molecule has 0 N–H and O–H groups in total. The maximum absolute atomic E-state index is 6.08. The van der Waals surface area contributed by atoms with Gasteiger partial charge in [-0.05, 0) is 17.7 Å². The Morgan fingerprint density at radius 1 is 1.30 bits per heavy atom. The van der Waals surface area contributed by atoms with Crippen molar-refractivity contribution in [1.29, 1.82) is 0 Å². The van der Waals surface area contributed by atoms with Gasteiger partial charge in [0, 0.05) is 56.7 Å². The second kappa shape index (κ2) is 7.25. The van der Waals surface area contributed by atoms with Crippen LogP contribution in [0.3, 0.4) is 0 Å². The molecule has 1 aromatic heterocycles. The average Bonchev–Trinajstić information content (AvgIpc) is 2.56. The van der Waals surface area contributed by atoms with Crippen LogP contribution in [0.5, 0.6) is 0 Å². The quantitative estimate of drug-likeness (QED) is 0.861. The van der Waals surface area contributed by atoms with Crippen molar-refractivity contribution in [2.45, 2.75) is 12.6 Å². The lowest BCUT2D eigenvalue weighted by molar-refractivity contribution is -0.0329. The zero-order valence-corrected chi connectivity index (χ0v) is 14.2. The number of ether oxygens (including phenoxy) is 1. The fraction of sp³-hybridized carbons (Fsp3) is 0.412. The maximum Gasteiger partial charge on any atom is 0.224 e. The lowest BCUT2D eigenvalue weighted by Gasteiger charge is -2.33. The van der Waals surface area contributed by atoms with Crippen LogP contribution >= 0.6 is 11.6 Å². The first kappa shape index (κ1) is 16.2. The van der Waals surface area contributed by atoms with Crippen molar-refractivity contribution < 1.29 is 4.74 Å². The first-order chi connectivity index (χ1) is 11.1. The molecule has 2 aromatic rings. The molecule has 0 radical (unpaired) electrons. The van der Waals surface area contributed by atoms with Crippen molar-refractivity contribution in [2.75, 3.05) is 38.7 Å². The molecular formula is C17H21ClN4O. The van der Waals surface area contributed by atoms with Crippen LogP contribution in [0.4, 0.5) is 5.95 Å². The number of halogens is 1. The van der Waals surface area contributed by atoms with Gasteiger partial charge in [0.15, 0.2) is 0 Å². The van der Waals surface area contributed by atoms with E-state index >= 15 is 0 Å². The molecule has 1 aromatic carbocycles. The molecule has 2 heterocycles. The third-order valence-electron chi connectivity index (χ3n) is 3.87. The zero-order valence-electron chi connectivity index (χ0n) is 13.4. The van der Waals surface area contributed by atoms with E-state index in [1.54, 1.807) is 0 Å². The van der Waals surface area contributed by atoms with Gasteiger partial charge in [-0.2, -0.15) is 0 Å². The standard InChI is InChI=1S/C17H21ClN4O/c1-21(2)17-19-9-13(10-20-17)11-22-6-7-23-16(12-22)14-4-3-5-15(18)8-14/h3-5,8-10,16H,6-7,11-12H2,1-2H3/t16-/m0/s1. The topological polar surface area (TPSA) is 41.5 Å². The Morgan fingerprint density at radius 2 is 2.09 bits per heavy atom. The molecule has 23 heavy (non-hydrogen) atoms. The molecule has 0 aliphatic carbocycles. The zero-order chi connectivity index (χ0) is 16.2. The SMILES string of the molecule is CN(C)c1ncc(CN2CCO[C@H](c3cccc(Cl)c3)C2)cn1. The Kier molecular flexibility index (Phi) is 5.10. The van der Waals surface area contributed by atoms with Gasteiger partial charge in [0.25, 0.3) is 0 Å². The largest absolute Gasteiger partial charge is 0.371 e. The van der Waals surface area contributed by atoms with E-state index in [0.29, 0.717) is 6.61 Å². The maximum atomic E-state index is 6.08. The van der Waals surface area contributed by atoms with Gasteiger partial charge in [-0.25, -0.2) is 9.97 Å². The first-order valence-electron chi connectivity index (χ1n) is 7.69. The fourth-order valence-electron chi connectivity index (χ4n) is 2.67. The van der Waals surface area contributed by atoms with Gasteiger partial charge < -0.3 is 9.64 Å². The smallest absolute Gasteiger partial charge is 0.224 e. The Bertz CT molecular complexity index is 647. The fourth-order valence-corrected chi connectivity index (χ4v) is 2.87. The molecule has 3 rings (SSSR count). The number of benzene rings is 1. The number of anilines is 1. The average molecular weight is 333 g/mol. The van der Waals surface area contributed by atoms with Gasteiger partial charge in [0.05, 0.1) is 12.7 Å². The Hall–Kier alpha value is -1.69. The molecule has 0 unspecified atom stereocenters. The summed E-state index contributed by atoms with van der Waals surface area (Å²) < 4.78 is 5.90. The molecule has 122 valence electrons. The highest BCUT2D eigenvalue weighted by Crippen LogP contribution is 2.25. The third-order valence-corrected chi connectivity index (χ3v) is 4.10. The van der Waals surface area contributed by atoms with Crippen molar-refractivity contribution in [3.05, 3.63) is 52.8 Å². The van der Waals surface area contributed by atoms with Gasteiger partial charge in [0.2, 0.25) is 5.95 Å². The number of morpholine rings is 1. The Morgan fingerprint density at radius 3 is 2.78 bits per heavy atom. The summed E-state index contributed by atoms with van der Waals surface area (Å²) in [7, 11) is 3.87. The molecule has 1 aliphatic rings. The highest BCUT2D eigenvalue weighted by molar-refractivity contribution is 6.30. The van der Waals surface area contributed by atoms with Crippen LogP contribution < -0.4 is 4.90 Å². The normalized spacial score (nSPS) is 18.8. The van der Waals surface area contributed by atoms with Gasteiger partial charge in [0.1, 0.15) is 0 Å². The van der Waals surface area contributed by atoms with E-state index in [0.717, 1.165) is 41.7 Å². The molecule has 1 saturated heterocycles. The molecule has 6 heteroatoms. The molecule has 1 atom stereocenters. The molecule has 1 aliphatic heterocycles. The molecule has 0 saturated carbocycles. The summed E-state index contributed by atoms with van der Waals surface area (Å²) in [6.07, 6.45) is 3.85. The van der Waals surface area contributed by atoms with Gasteiger partial charge in [-0.3, -0.25) is 4.90 Å². The minimum absolute atomic E-state index is 0.0596. The predicted molar refractivity (Wildman–Crippen MR) is 91.8 cm³/mol. The van der Waals surface area contributed by atoms with Crippen molar-refractivity contribution in [3.63, 3.8) is 0 Å². The van der Waals surface area contributed by atoms with Crippen LogP contribution in [0, 0.1) is 0 Å². The van der Waals surface area contributed by atoms with Crippen LogP contribution in [0.1, 0.15) is 17.2 Å². The summed E-state index contributed by atoms with van der Waals surface area (Å²) in [6, 6.07) is 7.89. The number of hydrogen-bond acceptors (Lipinski definition) is 5. The highest BCUT2D eigenvalue weighted by atomic mass is 35.5. The highest BCUT2D eigenvalue weighted by Gasteiger charge is 2.22. The monoisotopic (exact) mass is 332 g/mol. The second-order valence-electron chi connectivity index (χ2n) is 5.94. The van der Waals surface area contributed by atoms with E-state index < -0.39 is 0 Å². The summed E-state index contributed by atoms with van der Waals surface area (Å²) in [4.78, 5) is 13.0. The van der Waals surface area contributed by atoms with Crippen molar-refractivity contribution in [3.8, 4) is 0 Å². The number of nitrogens with zero attached hydrogens (tertiary/aromatic N) is 4. The van der Waals surface area contributed by atoms with E-state index in [2.05, 4.69) is 20.9 Å². The Balaban J connectivity index is 1.64. The first-order valence-corrected chi connectivity index (χ1v) is 8.07. The number of aromatic nitrogens is 2. The van der Waals surface area contributed by atoms with Crippen LogP contribution in [0.25, 0.3) is 0 Å². The summed E-state index contributed by atoms with van der Waals surface area (Å²) in [6.45, 7) is 3.30. The minimum atomic E-state index is 0.0596. The van der Waals surface area contributed by atoms with Crippen molar-refractivity contribution in [1.82, 2.24) is 14.9 Å². The van der Waals surface area contributed by atoms with Gasteiger partial charge in [-0.15, -0.1) is 0 Å². The van der Waals surface area contributed by atoms with Crippen LogP contribution in [-0.4, -0.2) is 48.7 Å². The number of hydrogen-bond donors (Lipinski definition) is 0. The molecule has 0 amide bonds. The summed E-state index contributed by atoms with van der Waals surface area (Å²) >= 11 is 6.08. The molecular weight excluding hydrogens is 312 g/mol. The predicted octanol–water partition coefficient (Wildman–Crippen LogP) is 2.77. The summed E-state index contributed by atoms with van der Waals surface area (Å²) in [5.41, 5.74) is 2.24. The molecule has 5 nitrogen and oxygen atoms in total. The van der Waals surface area contributed by atoms with E-state index in [-0.39, 0.29) is 6.10 Å². The molecule has 0 bridgehead atoms. The lowest BCUT2D eigenvalue weighted by Crippen LogP contribution is -2.37. The third kappa shape index (κ3) is 4.19. The van der Waals surface area contributed by atoms with Crippen LogP contribution in [-0.2, 0) is 11.3 Å². The Labute approximate surface area is 141 Å². The van der Waals surface area contributed by atoms with Gasteiger partial charge in [-0.1, -0.05) is 23.7 Å². The van der Waals surface area contributed by atoms with Crippen LogP contribution in [0.15, 0.2) is 36.7 Å². The molecule has 0 spiro atoms. The lowest BCUT2D eigenvalue weighted by atomic mass is 10.1. The summed E-state index contributed by atoms with van der Waals surface area (Å²) in [5.74, 6) is 0.729. The summed E-state index contributed by atoms with van der Waals surface area (Å²) in [5, 5.41) is 0.746. The van der Waals surface area contributed by atoms with Gasteiger partial charge >= 0.3 is 0 Å². The van der Waals surface area contributed by atoms with E-state index in [1.807, 2.05) is 49.6 Å². The molecule has 1 fully saturated rings.